The fraction of sp³-hybridized carbons (Fsp3) is 0.154. The molecule has 0 saturated heterocycles. The maximum absolute atomic E-state index is 11.0. The predicted molar refractivity (Wildman–Crippen MR) is 77.9 cm³/mol. The first-order valence-corrected chi connectivity index (χ1v) is 6.66. The third-order valence-corrected chi connectivity index (χ3v) is 3.17. The lowest BCUT2D eigenvalue weighted by molar-refractivity contribution is -0.386. The van der Waals surface area contributed by atoms with Gasteiger partial charge in [0.25, 0.3) is 0 Å². The van der Waals surface area contributed by atoms with Gasteiger partial charge in [-0.3, -0.25) is 15.1 Å². The molecule has 0 aliphatic carbocycles. The first kappa shape index (κ1) is 14.4. The van der Waals surface area contributed by atoms with Gasteiger partial charge in [-0.1, -0.05) is 12.1 Å². The number of benzene rings is 1. The molecule has 0 aliphatic rings. The lowest BCUT2D eigenvalue weighted by Crippen LogP contribution is -2.02. The minimum atomic E-state index is -0.532. The summed E-state index contributed by atoms with van der Waals surface area (Å²) in [6.07, 6.45) is 3.38. The van der Waals surface area contributed by atoms with Gasteiger partial charge in [0.2, 0.25) is 5.75 Å². The van der Waals surface area contributed by atoms with Crippen LogP contribution < -0.4 is 10.5 Å². The van der Waals surface area contributed by atoms with Crippen molar-refractivity contribution in [1.29, 1.82) is 0 Å². The van der Waals surface area contributed by atoms with Crippen LogP contribution in [0.2, 0.25) is 0 Å². The number of halogens is 1. The normalized spacial score (nSPS) is 10.3. The van der Waals surface area contributed by atoms with E-state index < -0.39 is 4.92 Å². The van der Waals surface area contributed by atoms with Gasteiger partial charge in [0.05, 0.1) is 9.40 Å². The van der Waals surface area contributed by atoms with E-state index in [1.807, 2.05) is 12.1 Å². The van der Waals surface area contributed by atoms with Crippen LogP contribution in [0.25, 0.3) is 0 Å². The first-order valence-electron chi connectivity index (χ1n) is 5.86. The second-order valence-corrected chi connectivity index (χ2v) is 4.87. The standard InChI is InChI=1S/C13H12BrN3O3/c14-11-7-16-8-12(17(18)19)13(11)20-10-3-1-9(2-4-10)5-6-15/h1-4,7-8H,5-6,15H2. The molecule has 6 nitrogen and oxygen atoms in total. The Labute approximate surface area is 123 Å². The molecular weight excluding hydrogens is 326 g/mol. The van der Waals surface area contributed by atoms with Gasteiger partial charge in [-0.15, -0.1) is 0 Å². The summed E-state index contributed by atoms with van der Waals surface area (Å²) in [5.74, 6) is 0.650. The molecule has 0 saturated carbocycles. The van der Waals surface area contributed by atoms with Crippen molar-refractivity contribution in [1.82, 2.24) is 4.98 Å². The summed E-state index contributed by atoms with van der Waals surface area (Å²) in [6, 6.07) is 7.26. The Morgan fingerprint density at radius 3 is 2.60 bits per heavy atom. The second-order valence-electron chi connectivity index (χ2n) is 4.01. The van der Waals surface area contributed by atoms with Crippen molar-refractivity contribution in [2.75, 3.05) is 6.54 Å². The molecule has 1 aromatic heterocycles. The molecular formula is C13H12BrN3O3. The van der Waals surface area contributed by atoms with Crippen molar-refractivity contribution >= 4 is 21.6 Å². The number of pyridine rings is 1. The van der Waals surface area contributed by atoms with Gasteiger partial charge in [0.15, 0.2) is 0 Å². The SMILES string of the molecule is NCCc1ccc(Oc2c(Br)cncc2[N+](=O)[O-])cc1. The van der Waals surface area contributed by atoms with E-state index in [0.717, 1.165) is 18.2 Å². The molecule has 0 radical (unpaired) electrons. The van der Waals surface area contributed by atoms with Gasteiger partial charge in [0.1, 0.15) is 11.9 Å². The summed E-state index contributed by atoms with van der Waals surface area (Å²) in [5.41, 5.74) is 6.37. The molecule has 2 rings (SSSR count). The number of nitrogens with zero attached hydrogens (tertiary/aromatic N) is 2. The summed E-state index contributed by atoms with van der Waals surface area (Å²) in [6.45, 7) is 0.571. The highest BCUT2D eigenvalue weighted by atomic mass is 79.9. The monoisotopic (exact) mass is 337 g/mol. The largest absolute Gasteiger partial charge is 0.449 e. The molecule has 1 heterocycles. The number of hydrogen-bond acceptors (Lipinski definition) is 5. The van der Waals surface area contributed by atoms with Crippen LogP contribution >= 0.6 is 15.9 Å². The molecule has 7 heteroatoms. The molecule has 2 aromatic rings. The smallest absolute Gasteiger partial charge is 0.330 e. The fourth-order valence-corrected chi connectivity index (χ4v) is 2.05. The molecule has 0 amide bonds. The maximum atomic E-state index is 11.0. The number of ether oxygens (including phenoxy) is 1. The molecule has 0 atom stereocenters. The van der Waals surface area contributed by atoms with Gasteiger partial charge >= 0.3 is 5.69 Å². The lowest BCUT2D eigenvalue weighted by atomic mass is 10.1. The number of nitro groups is 1. The lowest BCUT2D eigenvalue weighted by Gasteiger charge is -2.08. The Morgan fingerprint density at radius 1 is 1.30 bits per heavy atom. The third-order valence-electron chi connectivity index (χ3n) is 2.61. The van der Waals surface area contributed by atoms with Crippen LogP contribution in [0.5, 0.6) is 11.5 Å². The molecule has 0 fully saturated rings. The van der Waals surface area contributed by atoms with E-state index in [0.29, 0.717) is 16.8 Å². The predicted octanol–water partition coefficient (Wildman–Crippen LogP) is 3.05. The van der Waals surface area contributed by atoms with E-state index in [4.69, 9.17) is 10.5 Å². The summed E-state index contributed by atoms with van der Waals surface area (Å²) in [4.78, 5) is 14.2. The van der Waals surface area contributed by atoms with Gasteiger partial charge < -0.3 is 10.5 Å². The van der Waals surface area contributed by atoms with Crippen LogP contribution in [0, 0.1) is 10.1 Å². The van der Waals surface area contributed by atoms with Crippen LogP contribution in [0.1, 0.15) is 5.56 Å². The Balaban J connectivity index is 2.27. The molecule has 0 bridgehead atoms. The zero-order chi connectivity index (χ0) is 14.5. The Morgan fingerprint density at radius 2 is 2.00 bits per heavy atom. The Hall–Kier alpha value is -1.99. The van der Waals surface area contributed by atoms with Crippen molar-refractivity contribution in [3.05, 3.63) is 56.8 Å². The van der Waals surface area contributed by atoms with Crippen molar-refractivity contribution < 1.29 is 9.66 Å². The zero-order valence-corrected chi connectivity index (χ0v) is 12.0. The van der Waals surface area contributed by atoms with Gasteiger partial charge in [-0.2, -0.15) is 0 Å². The average molecular weight is 338 g/mol. The van der Waals surface area contributed by atoms with Crippen LogP contribution in [0.3, 0.4) is 0 Å². The maximum Gasteiger partial charge on any atom is 0.330 e. The quantitative estimate of drug-likeness (QED) is 0.668. The van der Waals surface area contributed by atoms with Crippen molar-refractivity contribution in [3.8, 4) is 11.5 Å². The Bertz CT molecular complexity index is 617. The summed E-state index contributed by atoms with van der Waals surface area (Å²) >= 11 is 3.20. The summed E-state index contributed by atoms with van der Waals surface area (Å²) < 4.78 is 6.00. The minimum absolute atomic E-state index is 0.136. The number of nitrogens with two attached hydrogens (primary N) is 1. The van der Waals surface area contributed by atoms with Crippen molar-refractivity contribution in [2.45, 2.75) is 6.42 Å². The van der Waals surface area contributed by atoms with Crippen LogP contribution in [0.4, 0.5) is 5.69 Å². The van der Waals surface area contributed by atoms with E-state index >= 15 is 0 Å². The molecule has 104 valence electrons. The van der Waals surface area contributed by atoms with E-state index in [9.17, 15) is 10.1 Å². The van der Waals surface area contributed by atoms with Gasteiger partial charge in [-0.05, 0) is 46.6 Å². The van der Waals surface area contributed by atoms with Crippen molar-refractivity contribution in [2.24, 2.45) is 5.73 Å². The average Bonchev–Trinajstić information content (AvgIpc) is 2.43. The first-order chi connectivity index (χ1) is 9.61. The Kier molecular flexibility index (Phi) is 4.65. The topological polar surface area (TPSA) is 91.3 Å². The zero-order valence-electron chi connectivity index (χ0n) is 10.5. The van der Waals surface area contributed by atoms with Gasteiger partial charge in [-0.25, -0.2) is 0 Å². The third kappa shape index (κ3) is 3.31. The van der Waals surface area contributed by atoms with E-state index in [2.05, 4.69) is 20.9 Å². The molecule has 2 N–H and O–H groups in total. The summed E-state index contributed by atoms with van der Waals surface area (Å²) in [7, 11) is 0. The van der Waals surface area contributed by atoms with Crippen LogP contribution in [-0.2, 0) is 6.42 Å². The molecule has 0 aliphatic heterocycles. The van der Waals surface area contributed by atoms with Crippen molar-refractivity contribution in [3.63, 3.8) is 0 Å². The molecule has 0 spiro atoms. The van der Waals surface area contributed by atoms with E-state index in [1.165, 1.54) is 6.20 Å². The highest BCUT2D eigenvalue weighted by molar-refractivity contribution is 9.10. The number of hydrogen-bond donors (Lipinski definition) is 1. The molecule has 1 aromatic carbocycles. The van der Waals surface area contributed by atoms with E-state index in [1.54, 1.807) is 12.1 Å². The molecule has 20 heavy (non-hydrogen) atoms. The fourth-order valence-electron chi connectivity index (χ4n) is 1.65. The minimum Gasteiger partial charge on any atom is -0.449 e. The van der Waals surface area contributed by atoms with Crippen LogP contribution in [0.15, 0.2) is 41.1 Å². The van der Waals surface area contributed by atoms with E-state index in [-0.39, 0.29) is 11.4 Å². The second kappa shape index (κ2) is 6.44. The highest BCUT2D eigenvalue weighted by Gasteiger charge is 2.19. The number of aromatic nitrogens is 1. The highest BCUT2D eigenvalue weighted by Crippen LogP contribution is 2.37. The number of rotatable bonds is 5. The summed E-state index contributed by atoms with van der Waals surface area (Å²) in [5, 5.41) is 11.0. The van der Waals surface area contributed by atoms with Gasteiger partial charge in [0, 0.05) is 6.20 Å². The molecule has 0 unspecified atom stereocenters. The van der Waals surface area contributed by atoms with Crippen LogP contribution in [-0.4, -0.2) is 16.5 Å².